The van der Waals surface area contributed by atoms with Gasteiger partial charge in [-0.15, -0.1) is 0 Å². The number of ether oxygens (including phenoxy) is 2. The van der Waals surface area contributed by atoms with Crippen LogP contribution in [0.4, 0.5) is 0 Å². The van der Waals surface area contributed by atoms with E-state index < -0.39 is 0 Å². The van der Waals surface area contributed by atoms with Crippen LogP contribution in [0.25, 0.3) is 0 Å². The van der Waals surface area contributed by atoms with Crippen LogP contribution in [0.2, 0.25) is 0 Å². The number of thioether (sulfide) groups is 1. The first-order chi connectivity index (χ1) is 13.6. The Morgan fingerprint density at radius 2 is 1.93 bits per heavy atom. The van der Waals surface area contributed by atoms with Crippen LogP contribution < -0.4 is 0 Å². The molecule has 0 aromatic rings. The fourth-order valence-corrected chi connectivity index (χ4v) is 5.24. The fraction of sp³-hybridized carbons (Fsp3) is 0.864. The first kappa shape index (κ1) is 23.7. The molecule has 4 atom stereocenters. The lowest BCUT2D eigenvalue weighted by molar-refractivity contribution is -0.159. The maximum atomic E-state index is 11.3. The molecule has 2 aliphatic rings. The van der Waals surface area contributed by atoms with Crippen LogP contribution in [0.3, 0.4) is 0 Å². The third-order valence-electron chi connectivity index (χ3n) is 5.93. The van der Waals surface area contributed by atoms with E-state index in [0.29, 0.717) is 48.6 Å². The van der Waals surface area contributed by atoms with E-state index in [9.17, 15) is 4.79 Å². The van der Waals surface area contributed by atoms with Crippen molar-refractivity contribution in [3.05, 3.63) is 12.2 Å². The van der Waals surface area contributed by atoms with Crippen molar-refractivity contribution in [3.63, 3.8) is 0 Å². The van der Waals surface area contributed by atoms with Crippen molar-refractivity contribution < 1.29 is 19.5 Å². The van der Waals surface area contributed by atoms with Gasteiger partial charge < -0.3 is 9.47 Å². The second kappa shape index (κ2) is 13.6. The van der Waals surface area contributed by atoms with Gasteiger partial charge in [-0.2, -0.15) is 11.8 Å². The highest BCUT2D eigenvalue weighted by molar-refractivity contribution is 7.99. The summed E-state index contributed by atoms with van der Waals surface area (Å²) < 4.78 is 11.9. The van der Waals surface area contributed by atoms with Gasteiger partial charge in [0.05, 0.1) is 12.2 Å². The molecule has 162 valence electrons. The summed E-state index contributed by atoms with van der Waals surface area (Å²) in [5.41, 5.74) is 0. The summed E-state index contributed by atoms with van der Waals surface area (Å²) in [7, 11) is 1.36. The number of amides is 1. The van der Waals surface area contributed by atoms with Gasteiger partial charge in [0.15, 0.2) is 0 Å². The second-order valence-corrected chi connectivity index (χ2v) is 9.17. The van der Waals surface area contributed by atoms with Crippen molar-refractivity contribution in [1.29, 1.82) is 0 Å². The standard InChI is InChI=1S/C22H39NO4S/c1-3-4-5-6-7-16-28-17-13-19-18(20-10-11-21(19)27-20)12-15-26-14-8-9-22(24)23(2)25/h6-7,18-21,25H,3-5,8-17H2,1-2H3/t18-,19+,20-,21+/m0/s1. The van der Waals surface area contributed by atoms with Crippen LogP contribution >= 0.6 is 11.8 Å². The summed E-state index contributed by atoms with van der Waals surface area (Å²) in [5.74, 6) is 3.39. The van der Waals surface area contributed by atoms with E-state index in [2.05, 4.69) is 19.1 Å². The van der Waals surface area contributed by atoms with Gasteiger partial charge in [0.25, 0.3) is 0 Å². The third-order valence-corrected chi connectivity index (χ3v) is 6.88. The number of hydrogen-bond acceptors (Lipinski definition) is 5. The van der Waals surface area contributed by atoms with Crippen LogP contribution in [0.5, 0.6) is 0 Å². The number of rotatable bonds is 15. The zero-order chi connectivity index (χ0) is 20.2. The number of nitrogens with zero attached hydrogens (tertiary/aromatic N) is 1. The minimum atomic E-state index is -0.261. The topological polar surface area (TPSA) is 59.0 Å². The number of carbonyl (C=O) groups excluding carboxylic acids is 1. The molecule has 0 aromatic heterocycles. The Bertz CT molecular complexity index is 471. The lowest BCUT2D eigenvalue weighted by Gasteiger charge is -2.28. The summed E-state index contributed by atoms with van der Waals surface area (Å²) in [6.45, 7) is 3.55. The number of carbonyl (C=O) groups is 1. The Balaban J connectivity index is 1.57. The molecule has 0 spiro atoms. The van der Waals surface area contributed by atoms with E-state index in [0.717, 1.165) is 18.8 Å². The van der Waals surface area contributed by atoms with Gasteiger partial charge >= 0.3 is 0 Å². The first-order valence-electron chi connectivity index (χ1n) is 11.0. The van der Waals surface area contributed by atoms with Gasteiger partial charge in [0.1, 0.15) is 0 Å². The normalized spacial score (nSPS) is 26.4. The van der Waals surface area contributed by atoms with Gasteiger partial charge in [0, 0.05) is 32.4 Å². The second-order valence-electron chi connectivity index (χ2n) is 8.02. The minimum Gasteiger partial charge on any atom is -0.381 e. The monoisotopic (exact) mass is 413 g/mol. The van der Waals surface area contributed by atoms with Crippen molar-refractivity contribution in [1.82, 2.24) is 5.06 Å². The first-order valence-corrected chi connectivity index (χ1v) is 12.2. The number of unbranched alkanes of at least 4 members (excludes halogenated alkanes) is 2. The predicted octanol–water partition coefficient (Wildman–Crippen LogP) is 4.68. The van der Waals surface area contributed by atoms with Crippen LogP contribution in [0.1, 0.15) is 64.7 Å². The molecular weight excluding hydrogens is 374 g/mol. The lowest BCUT2D eigenvalue weighted by atomic mass is 9.76. The summed E-state index contributed by atoms with van der Waals surface area (Å²) in [6, 6.07) is 0. The molecule has 0 unspecified atom stereocenters. The highest BCUT2D eigenvalue weighted by atomic mass is 32.2. The quantitative estimate of drug-likeness (QED) is 0.183. The van der Waals surface area contributed by atoms with E-state index in [4.69, 9.17) is 14.7 Å². The molecule has 0 radical (unpaired) electrons. The smallest absolute Gasteiger partial charge is 0.245 e. The molecule has 5 nitrogen and oxygen atoms in total. The molecule has 2 fully saturated rings. The summed E-state index contributed by atoms with van der Waals surface area (Å²) in [5, 5.41) is 9.68. The predicted molar refractivity (Wildman–Crippen MR) is 115 cm³/mol. The van der Waals surface area contributed by atoms with Gasteiger partial charge in [-0.3, -0.25) is 10.0 Å². The number of hydrogen-bond donors (Lipinski definition) is 1. The van der Waals surface area contributed by atoms with E-state index in [1.165, 1.54) is 51.3 Å². The molecule has 1 amide bonds. The van der Waals surface area contributed by atoms with Crippen molar-refractivity contribution in [2.24, 2.45) is 11.8 Å². The molecule has 2 aliphatic heterocycles. The molecule has 6 heteroatoms. The van der Waals surface area contributed by atoms with E-state index in [1.54, 1.807) is 0 Å². The molecule has 2 rings (SSSR count). The average Bonchev–Trinajstić information content (AvgIpc) is 3.28. The van der Waals surface area contributed by atoms with Gasteiger partial charge in [-0.05, 0) is 56.1 Å². The van der Waals surface area contributed by atoms with Crippen molar-refractivity contribution in [2.75, 3.05) is 31.8 Å². The van der Waals surface area contributed by atoms with Gasteiger partial charge in [-0.1, -0.05) is 31.9 Å². The summed E-state index contributed by atoms with van der Waals surface area (Å²) in [4.78, 5) is 11.3. The van der Waals surface area contributed by atoms with Crippen molar-refractivity contribution in [2.45, 2.75) is 76.9 Å². The minimum absolute atomic E-state index is 0.261. The maximum absolute atomic E-state index is 11.3. The Hall–Kier alpha value is -0.560. The van der Waals surface area contributed by atoms with Gasteiger partial charge in [0.2, 0.25) is 5.91 Å². The molecule has 2 bridgehead atoms. The van der Waals surface area contributed by atoms with Crippen LogP contribution in [0.15, 0.2) is 12.2 Å². The number of hydroxylamine groups is 2. The highest BCUT2D eigenvalue weighted by Crippen LogP contribution is 2.46. The molecule has 2 heterocycles. The Labute approximate surface area is 175 Å². The maximum Gasteiger partial charge on any atom is 0.245 e. The highest BCUT2D eigenvalue weighted by Gasteiger charge is 2.47. The molecule has 2 saturated heterocycles. The fourth-order valence-electron chi connectivity index (χ4n) is 4.36. The largest absolute Gasteiger partial charge is 0.381 e. The summed E-state index contributed by atoms with van der Waals surface area (Å²) in [6.07, 6.45) is 15.0. The number of allylic oxidation sites excluding steroid dienone is 1. The van der Waals surface area contributed by atoms with Crippen molar-refractivity contribution in [3.8, 4) is 0 Å². The Morgan fingerprint density at radius 1 is 1.18 bits per heavy atom. The molecule has 0 saturated carbocycles. The molecular formula is C22H39NO4S. The van der Waals surface area contributed by atoms with E-state index in [1.807, 2.05) is 11.8 Å². The van der Waals surface area contributed by atoms with Crippen LogP contribution in [-0.4, -0.2) is 60.2 Å². The van der Waals surface area contributed by atoms with Crippen molar-refractivity contribution >= 4 is 17.7 Å². The zero-order valence-electron chi connectivity index (χ0n) is 17.7. The molecule has 0 aliphatic carbocycles. The Morgan fingerprint density at radius 3 is 2.64 bits per heavy atom. The lowest BCUT2D eigenvalue weighted by Crippen LogP contribution is -2.29. The van der Waals surface area contributed by atoms with E-state index >= 15 is 0 Å². The van der Waals surface area contributed by atoms with E-state index in [-0.39, 0.29) is 5.91 Å². The zero-order valence-corrected chi connectivity index (χ0v) is 18.5. The molecule has 28 heavy (non-hydrogen) atoms. The molecule has 1 N–H and O–H groups in total. The van der Waals surface area contributed by atoms with Gasteiger partial charge in [-0.25, -0.2) is 5.06 Å². The summed E-state index contributed by atoms with van der Waals surface area (Å²) >= 11 is 2.04. The average molecular weight is 414 g/mol. The Kier molecular flexibility index (Phi) is 11.5. The van der Waals surface area contributed by atoms with Crippen LogP contribution in [0, 0.1) is 11.8 Å². The number of fused-ring (bicyclic) bond motifs is 2. The molecule has 0 aromatic carbocycles. The third kappa shape index (κ3) is 8.05. The van der Waals surface area contributed by atoms with Crippen LogP contribution in [-0.2, 0) is 14.3 Å². The SMILES string of the molecule is CCCCC=CCSCC[C@@H]1[C@H](CCOCCCC(=O)N(C)O)[C@@H]2CC[C@H]1O2.